The lowest BCUT2D eigenvalue weighted by Gasteiger charge is -2.37. The molecular formula is C37H40N4O3S. The maximum Gasteiger partial charge on any atom is 0.247 e. The van der Waals surface area contributed by atoms with Crippen molar-refractivity contribution in [3.63, 3.8) is 0 Å². The number of hydrogen-bond donors (Lipinski definition) is 0. The minimum atomic E-state index is -0.668. The van der Waals surface area contributed by atoms with E-state index in [0.717, 1.165) is 65.1 Å². The van der Waals surface area contributed by atoms with E-state index < -0.39 is 6.04 Å². The molecule has 0 radical (unpaired) electrons. The highest BCUT2D eigenvalue weighted by Gasteiger charge is 2.34. The molecule has 0 spiro atoms. The number of carbonyl (C=O) groups excluding carboxylic acids is 2. The van der Waals surface area contributed by atoms with E-state index in [9.17, 15) is 9.59 Å². The van der Waals surface area contributed by atoms with Crippen LogP contribution in [-0.2, 0) is 40.3 Å². The van der Waals surface area contributed by atoms with Crippen molar-refractivity contribution in [1.82, 2.24) is 14.8 Å². The monoisotopic (exact) mass is 620 g/mol. The molecular weight excluding hydrogens is 580 g/mol. The Bertz CT molecular complexity index is 1640. The highest BCUT2D eigenvalue weighted by Crippen LogP contribution is 2.25. The summed E-state index contributed by atoms with van der Waals surface area (Å²) >= 11 is 1.56. The number of nitrogens with zero attached hydrogens (tertiary/aromatic N) is 4. The van der Waals surface area contributed by atoms with Crippen molar-refractivity contribution >= 4 is 34.9 Å². The van der Waals surface area contributed by atoms with E-state index >= 15 is 0 Å². The van der Waals surface area contributed by atoms with E-state index in [1.807, 2.05) is 61.2 Å². The molecule has 0 N–H and O–H groups in total. The largest absolute Gasteiger partial charge is 0.378 e. The van der Waals surface area contributed by atoms with E-state index in [2.05, 4.69) is 52.3 Å². The molecule has 1 fully saturated rings. The highest BCUT2D eigenvalue weighted by molar-refractivity contribution is 7.12. The van der Waals surface area contributed by atoms with Crippen molar-refractivity contribution in [3.8, 4) is 0 Å². The summed E-state index contributed by atoms with van der Waals surface area (Å²) in [4.78, 5) is 40.2. The normalized spacial score (nSPS) is 15.6. The van der Waals surface area contributed by atoms with Gasteiger partial charge in [-0.15, -0.1) is 11.3 Å². The number of fused-ring (bicyclic) bond motifs is 1. The summed E-state index contributed by atoms with van der Waals surface area (Å²) in [5.41, 5.74) is 6.49. The number of ether oxygens (including phenoxy) is 1. The van der Waals surface area contributed by atoms with Gasteiger partial charge in [0.2, 0.25) is 11.8 Å². The Kier molecular flexibility index (Phi) is 9.72. The van der Waals surface area contributed by atoms with E-state index in [-0.39, 0.29) is 11.8 Å². The van der Waals surface area contributed by atoms with Gasteiger partial charge in [-0.05, 0) is 60.7 Å². The van der Waals surface area contributed by atoms with Crippen LogP contribution in [0.2, 0.25) is 0 Å². The molecule has 2 aliphatic rings. The van der Waals surface area contributed by atoms with Crippen LogP contribution in [0.5, 0.6) is 0 Å². The first-order chi connectivity index (χ1) is 21.9. The Morgan fingerprint density at radius 2 is 1.62 bits per heavy atom. The number of rotatable bonds is 9. The highest BCUT2D eigenvalue weighted by atomic mass is 32.1. The molecule has 1 aromatic heterocycles. The molecule has 6 rings (SSSR count). The maximum absolute atomic E-state index is 14.5. The molecule has 0 bridgehead atoms. The fourth-order valence-corrected chi connectivity index (χ4v) is 7.01. The summed E-state index contributed by atoms with van der Waals surface area (Å²) in [5, 5.41) is 0.958. The van der Waals surface area contributed by atoms with Gasteiger partial charge in [-0.2, -0.15) is 0 Å². The summed E-state index contributed by atoms with van der Waals surface area (Å²) in [6, 6.07) is 26.0. The molecule has 8 heteroatoms. The first kappa shape index (κ1) is 30.7. The molecule has 3 aromatic carbocycles. The summed E-state index contributed by atoms with van der Waals surface area (Å²) in [6.07, 6.45) is 4.69. The Labute approximate surface area is 269 Å². The van der Waals surface area contributed by atoms with Gasteiger partial charge in [-0.3, -0.25) is 9.59 Å². The van der Waals surface area contributed by atoms with Crippen LogP contribution in [0.15, 0.2) is 84.9 Å². The van der Waals surface area contributed by atoms with Gasteiger partial charge < -0.3 is 19.4 Å². The Hall–Kier alpha value is -4.27. The van der Waals surface area contributed by atoms with E-state index in [1.165, 1.54) is 11.1 Å². The van der Waals surface area contributed by atoms with Crippen molar-refractivity contribution in [2.75, 3.05) is 37.7 Å². The molecule has 3 heterocycles. The zero-order valence-corrected chi connectivity index (χ0v) is 26.8. The summed E-state index contributed by atoms with van der Waals surface area (Å²) < 4.78 is 5.52. The first-order valence-electron chi connectivity index (χ1n) is 15.7. The second-order valence-corrected chi connectivity index (χ2v) is 13.0. The summed E-state index contributed by atoms with van der Waals surface area (Å²) in [5.74, 6) is -0.214. The van der Waals surface area contributed by atoms with Crippen molar-refractivity contribution in [3.05, 3.63) is 123 Å². The lowest BCUT2D eigenvalue weighted by molar-refractivity contribution is -0.144. The second-order valence-electron chi connectivity index (χ2n) is 11.7. The van der Waals surface area contributed by atoms with E-state index in [1.54, 1.807) is 22.3 Å². The van der Waals surface area contributed by atoms with Crippen molar-refractivity contribution in [2.45, 2.75) is 45.8 Å². The number of morpholine rings is 1. The van der Waals surface area contributed by atoms with Gasteiger partial charge in [0, 0.05) is 50.9 Å². The predicted octanol–water partition coefficient (Wildman–Crippen LogP) is 5.83. The van der Waals surface area contributed by atoms with Gasteiger partial charge in [0.25, 0.3) is 0 Å². The van der Waals surface area contributed by atoms with E-state index in [0.29, 0.717) is 26.1 Å². The lowest BCUT2D eigenvalue weighted by atomic mass is 9.97. The Morgan fingerprint density at radius 3 is 2.33 bits per heavy atom. The smallest absolute Gasteiger partial charge is 0.247 e. The molecule has 4 aromatic rings. The third-order valence-electron chi connectivity index (χ3n) is 8.64. The van der Waals surface area contributed by atoms with Crippen LogP contribution in [0.1, 0.15) is 37.8 Å². The molecule has 7 nitrogen and oxygen atoms in total. The zero-order valence-electron chi connectivity index (χ0n) is 26.0. The van der Waals surface area contributed by atoms with Crippen LogP contribution in [0.3, 0.4) is 0 Å². The van der Waals surface area contributed by atoms with Gasteiger partial charge in [0.05, 0.1) is 28.8 Å². The third-order valence-corrected chi connectivity index (χ3v) is 9.68. The van der Waals surface area contributed by atoms with Gasteiger partial charge in [0.1, 0.15) is 6.04 Å². The van der Waals surface area contributed by atoms with E-state index in [4.69, 9.17) is 4.74 Å². The minimum Gasteiger partial charge on any atom is -0.378 e. The number of benzene rings is 3. The molecule has 232 valence electrons. The Morgan fingerprint density at radius 1 is 0.911 bits per heavy atom. The van der Waals surface area contributed by atoms with Crippen LogP contribution >= 0.6 is 11.3 Å². The topological polar surface area (TPSA) is 66.0 Å². The minimum absolute atomic E-state index is 0.0233. The number of aryl methyl sites for hydroxylation is 2. The van der Waals surface area contributed by atoms with Crippen molar-refractivity contribution in [1.29, 1.82) is 0 Å². The fraction of sp³-hybridized carbons (Fsp3) is 0.324. The van der Waals surface area contributed by atoms with Crippen LogP contribution < -0.4 is 4.90 Å². The van der Waals surface area contributed by atoms with Crippen LogP contribution in [-0.4, -0.2) is 65.5 Å². The zero-order chi connectivity index (χ0) is 31.2. The number of carbonyl (C=O) groups is 2. The predicted molar refractivity (Wildman–Crippen MR) is 180 cm³/mol. The quantitative estimate of drug-likeness (QED) is 0.220. The van der Waals surface area contributed by atoms with Crippen LogP contribution in [0, 0.1) is 13.8 Å². The second kappa shape index (κ2) is 14.2. The molecule has 1 atom stereocenters. The van der Waals surface area contributed by atoms with Gasteiger partial charge in [-0.1, -0.05) is 66.7 Å². The lowest BCUT2D eigenvalue weighted by Crippen LogP contribution is -2.52. The number of anilines is 1. The first-order valence-corrected chi connectivity index (χ1v) is 16.5. The standard InChI is InChI=1S/C37H40N4O3S/c1-27-35(45-28(2)38-27)16-17-36(42)41(25-30-12-14-33(15-13-30)39-20-22-44-23-21-39)34(24-29-8-4-3-5-9-29)37(43)40-19-18-31-10-6-7-11-32(31)26-40/h3-17,34H,18-26H2,1-2H3/b17-16+/t34-/m0/s1. The van der Waals surface area contributed by atoms with Gasteiger partial charge >= 0.3 is 0 Å². The van der Waals surface area contributed by atoms with Crippen molar-refractivity contribution in [2.24, 2.45) is 0 Å². The average molecular weight is 621 g/mol. The Balaban J connectivity index is 1.33. The average Bonchev–Trinajstić information content (AvgIpc) is 3.41. The SMILES string of the molecule is Cc1nc(C)c(/C=C/C(=O)N(Cc2ccc(N3CCOCC3)cc2)[C@@H](Cc2ccccc2)C(=O)N2CCc3ccccc3C2)s1. The van der Waals surface area contributed by atoms with Crippen LogP contribution in [0.4, 0.5) is 5.69 Å². The number of aromatic nitrogens is 1. The van der Waals surface area contributed by atoms with Gasteiger partial charge in [-0.25, -0.2) is 4.98 Å². The molecule has 0 saturated carbocycles. The maximum atomic E-state index is 14.5. The molecule has 2 aliphatic heterocycles. The number of hydrogen-bond acceptors (Lipinski definition) is 6. The number of amides is 2. The number of thiazole rings is 1. The van der Waals surface area contributed by atoms with Gasteiger partial charge in [0.15, 0.2) is 0 Å². The van der Waals surface area contributed by atoms with Crippen LogP contribution in [0.25, 0.3) is 6.08 Å². The molecule has 45 heavy (non-hydrogen) atoms. The fourth-order valence-electron chi connectivity index (χ4n) is 6.18. The molecule has 2 amide bonds. The molecule has 0 aliphatic carbocycles. The summed E-state index contributed by atoms with van der Waals surface area (Å²) in [7, 11) is 0. The third kappa shape index (κ3) is 7.52. The van der Waals surface area contributed by atoms with Crippen molar-refractivity contribution < 1.29 is 14.3 Å². The molecule has 1 saturated heterocycles. The summed E-state index contributed by atoms with van der Waals surface area (Å²) in [6.45, 7) is 8.58. The molecule has 0 unspecified atom stereocenters.